The number of carbonyl (C=O) groups is 1. The van der Waals surface area contributed by atoms with Gasteiger partial charge in [0.05, 0.1) is 6.42 Å². The Balaban J connectivity index is 2.69. The van der Waals surface area contributed by atoms with Crippen LogP contribution in [0.1, 0.15) is 32.5 Å². The second-order valence-electron chi connectivity index (χ2n) is 4.26. The topological polar surface area (TPSA) is 87.1 Å². The molecule has 1 rings (SSSR count). The summed E-state index contributed by atoms with van der Waals surface area (Å²) < 4.78 is 0. The summed E-state index contributed by atoms with van der Waals surface area (Å²) >= 11 is 0. The highest BCUT2D eigenvalue weighted by molar-refractivity contribution is 5.68. The van der Waals surface area contributed by atoms with Crippen molar-refractivity contribution < 1.29 is 9.90 Å². The minimum absolute atomic E-state index is 0.0563. The number of hydrogen-bond acceptors (Lipinski definition) is 5. The molecule has 0 aliphatic heterocycles. The number of hydrogen-bond donors (Lipinski definition) is 3. The van der Waals surface area contributed by atoms with Gasteiger partial charge in [-0.3, -0.25) is 4.79 Å². The number of aromatic nitrogens is 2. The third-order valence-corrected chi connectivity index (χ3v) is 2.27. The van der Waals surface area contributed by atoms with Crippen molar-refractivity contribution >= 4 is 17.6 Å². The molecule has 1 atom stereocenters. The van der Waals surface area contributed by atoms with Crippen LogP contribution in [0.4, 0.5) is 11.6 Å². The number of aryl methyl sites for hydroxylation is 1. The maximum Gasteiger partial charge on any atom is 0.305 e. The number of carboxylic acids is 1. The molecule has 3 N–H and O–H groups in total. The van der Waals surface area contributed by atoms with Gasteiger partial charge in [0.2, 0.25) is 0 Å². The number of rotatable bonds is 7. The van der Waals surface area contributed by atoms with Crippen molar-refractivity contribution in [1.82, 2.24) is 9.97 Å². The van der Waals surface area contributed by atoms with Gasteiger partial charge in [-0.1, -0.05) is 6.92 Å². The fourth-order valence-corrected chi connectivity index (χ4v) is 1.55. The van der Waals surface area contributed by atoms with E-state index in [0.717, 1.165) is 18.8 Å². The van der Waals surface area contributed by atoms with Gasteiger partial charge < -0.3 is 15.7 Å². The molecule has 0 amide bonds. The highest BCUT2D eigenvalue weighted by Gasteiger charge is 2.09. The number of carboxylic acid groups (broad SMARTS) is 1. The molecule has 0 fully saturated rings. The van der Waals surface area contributed by atoms with Gasteiger partial charge in [0.25, 0.3) is 0 Å². The zero-order valence-corrected chi connectivity index (χ0v) is 11.0. The van der Waals surface area contributed by atoms with E-state index in [4.69, 9.17) is 5.11 Å². The van der Waals surface area contributed by atoms with Crippen LogP contribution < -0.4 is 10.6 Å². The Morgan fingerprint density at radius 1 is 1.44 bits per heavy atom. The predicted molar refractivity (Wildman–Crippen MR) is 70.9 cm³/mol. The Labute approximate surface area is 107 Å². The molecule has 18 heavy (non-hydrogen) atoms. The van der Waals surface area contributed by atoms with Crippen molar-refractivity contribution in [3.63, 3.8) is 0 Å². The van der Waals surface area contributed by atoms with E-state index in [9.17, 15) is 4.79 Å². The third-order valence-electron chi connectivity index (χ3n) is 2.27. The largest absolute Gasteiger partial charge is 0.481 e. The van der Waals surface area contributed by atoms with Gasteiger partial charge in [0.1, 0.15) is 17.5 Å². The molecule has 0 saturated heterocycles. The first-order valence-electron chi connectivity index (χ1n) is 6.09. The lowest BCUT2D eigenvalue weighted by Gasteiger charge is -2.14. The summed E-state index contributed by atoms with van der Waals surface area (Å²) in [7, 11) is 0. The Morgan fingerprint density at radius 3 is 2.72 bits per heavy atom. The number of anilines is 2. The van der Waals surface area contributed by atoms with Crippen LogP contribution in [0.5, 0.6) is 0 Å². The van der Waals surface area contributed by atoms with Crippen LogP contribution in [0, 0.1) is 6.92 Å². The molecule has 0 bridgehead atoms. The Kier molecular flexibility index (Phi) is 5.35. The first-order chi connectivity index (χ1) is 8.51. The van der Waals surface area contributed by atoms with E-state index >= 15 is 0 Å². The minimum atomic E-state index is -0.829. The average Bonchev–Trinajstić information content (AvgIpc) is 2.24. The standard InChI is InChI=1S/C12H20N4O2/c1-4-5-13-10-7-11(16-9(3)15-10)14-8(2)6-12(17)18/h7-8H,4-6H2,1-3H3,(H,17,18)(H2,13,14,15,16). The Morgan fingerprint density at radius 2 is 2.11 bits per heavy atom. The third kappa shape index (κ3) is 4.99. The molecule has 1 heterocycles. The lowest BCUT2D eigenvalue weighted by atomic mass is 10.2. The summed E-state index contributed by atoms with van der Waals surface area (Å²) in [5, 5.41) is 14.9. The number of aliphatic carboxylic acids is 1. The zero-order chi connectivity index (χ0) is 13.5. The molecule has 1 unspecified atom stereocenters. The fourth-order valence-electron chi connectivity index (χ4n) is 1.55. The van der Waals surface area contributed by atoms with E-state index in [-0.39, 0.29) is 12.5 Å². The first-order valence-corrected chi connectivity index (χ1v) is 6.09. The highest BCUT2D eigenvalue weighted by Crippen LogP contribution is 2.12. The summed E-state index contributed by atoms with van der Waals surface area (Å²) in [6, 6.07) is 1.62. The monoisotopic (exact) mass is 252 g/mol. The quantitative estimate of drug-likeness (QED) is 0.687. The normalized spacial score (nSPS) is 11.9. The van der Waals surface area contributed by atoms with E-state index in [1.54, 1.807) is 6.07 Å². The number of nitrogens with one attached hydrogen (secondary N) is 2. The van der Waals surface area contributed by atoms with Gasteiger partial charge in [-0.25, -0.2) is 9.97 Å². The molecule has 1 aromatic heterocycles. The van der Waals surface area contributed by atoms with Crippen molar-refractivity contribution in [2.45, 2.75) is 39.7 Å². The summed E-state index contributed by atoms with van der Waals surface area (Å²) in [5.74, 6) is 1.23. The van der Waals surface area contributed by atoms with Crippen molar-refractivity contribution in [3.05, 3.63) is 11.9 Å². The maximum atomic E-state index is 10.6. The van der Waals surface area contributed by atoms with Gasteiger partial charge in [0.15, 0.2) is 0 Å². The van der Waals surface area contributed by atoms with Gasteiger partial charge in [0, 0.05) is 18.7 Å². The lowest BCUT2D eigenvalue weighted by molar-refractivity contribution is -0.137. The molecule has 6 heteroatoms. The van der Waals surface area contributed by atoms with E-state index in [1.165, 1.54) is 0 Å². The van der Waals surface area contributed by atoms with Crippen LogP contribution >= 0.6 is 0 Å². The molecule has 0 radical (unpaired) electrons. The Hall–Kier alpha value is -1.85. The van der Waals surface area contributed by atoms with Gasteiger partial charge in [-0.2, -0.15) is 0 Å². The van der Waals surface area contributed by atoms with Gasteiger partial charge in [-0.15, -0.1) is 0 Å². The molecule has 0 aliphatic rings. The predicted octanol–water partition coefficient (Wildman–Crippen LogP) is 1.88. The van der Waals surface area contributed by atoms with Crippen molar-refractivity contribution in [1.29, 1.82) is 0 Å². The van der Waals surface area contributed by atoms with Gasteiger partial charge in [-0.05, 0) is 20.3 Å². The average molecular weight is 252 g/mol. The molecule has 0 aliphatic carbocycles. The molecule has 100 valence electrons. The van der Waals surface area contributed by atoms with Crippen LogP contribution in [0.2, 0.25) is 0 Å². The summed E-state index contributed by atoms with van der Waals surface area (Å²) in [5.41, 5.74) is 0. The van der Waals surface area contributed by atoms with Crippen LogP contribution in [0.3, 0.4) is 0 Å². The summed E-state index contributed by atoms with van der Waals surface area (Å²) in [6.07, 6.45) is 1.07. The van der Waals surface area contributed by atoms with Crippen LogP contribution in [-0.4, -0.2) is 33.6 Å². The maximum absolute atomic E-state index is 10.6. The van der Waals surface area contributed by atoms with E-state index < -0.39 is 5.97 Å². The van der Waals surface area contributed by atoms with Crippen molar-refractivity contribution in [2.24, 2.45) is 0 Å². The fraction of sp³-hybridized carbons (Fsp3) is 0.583. The Bertz CT molecular complexity index is 409. The highest BCUT2D eigenvalue weighted by atomic mass is 16.4. The molecule has 0 saturated carbocycles. The molecular formula is C12H20N4O2. The molecular weight excluding hydrogens is 232 g/mol. The first kappa shape index (κ1) is 14.2. The van der Waals surface area contributed by atoms with Crippen LogP contribution in [-0.2, 0) is 4.79 Å². The van der Waals surface area contributed by atoms with Crippen molar-refractivity contribution in [2.75, 3.05) is 17.2 Å². The number of nitrogens with zero attached hydrogens (tertiary/aromatic N) is 2. The van der Waals surface area contributed by atoms with Crippen LogP contribution in [0.15, 0.2) is 6.07 Å². The second-order valence-corrected chi connectivity index (χ2v) is 4.26. The molecule has 1 aromatic rings. The SMILES string of the molecule is CCCNc1cc(NC(C)CC(=O)O)nc(C)n1. The smallest absolute Gasteiger partial charge is 0.305 e. The molecule has 6 nitrogen and oxygen atoms in total. The van der Waals surface area contributed by atoms with E-state index in [2.05, 4.69) is 27.5 Å². The van der Waals surface area contributed by atoms with Crippen molar-refractivity contribution in [3.8, 4) is 0 Å². The summed E-state index contributed by atoms with van der Waals surface area (Å²) in [4.78, 5) is 19.1. The zero-order valence-electron chi connectivity index (χ0n) is 11.0. The summed E-state index contributed by atoms with van der Waals surface area (Å²) in [6.45, 7) is 6.55. The second kappa shape index (κ2) is 6.78. The minimum Gasteiger partial charge on any atom is -0.481 e. The molecule has 0 spiro atoms. The van der Waals surface area contributed by atoms with E-state index in [0.29, 0.717) is 11.6 Å². The van der Waals surface area contributed by atoms with Crippen LogP contribution in [0.25, 0.3) is 0 Å². The lowest BCUT2D eigenvalue weighted by Crippen LogP contribution is -2.20. The molecule has 0 aromatic carbocycles. The van der Waals surface area contributed by atoms with E-state index in [1.807, 2.05) is 13.8 Å². The van der Waals surface area contributed by atoms with Gasteiger partial charge >= 0.3 is 5.97 Å².